The number of carbonyl (C=O) groups excluding carboxylic acids is 3. The van der Waals surface area contributed by atoms with Crippen LogP contribution in [0.5, 0.6) is 0 Å². The van der Waals surface area contributed by atoms with Gasteiger partial charge in [0.15, 0.2) is 6.10 Å². The van der Waals surface area contributed by atoms with Crippen molar-refractivity contribution >= 4 is 17.9 Å². The Bertz CT molecular complexity index is 1490. The summed E-state index contributed by atoms with van der Waals surface area (Å²) >= 11 is 0. The Hall–Kier alpha value is -3.67. The molecule has 76 heavy (non-hydrogen) atoms. The van der Waals surface area contributed by atoms with Gasteiger partial charge >= 0.3 is 17.9 Å². The second-order valence-corrected chi connectivity index (χ2v) is 21.3. The number of esters is 3. The van der Waals surface area contributed by atoms with Crippen molar-refractivity contribution in [3.8, 4) is 0 Å². The van der Waals surface area contributed by atoms with Gasteiger partial charge in [0, 0.05) is 19.3 Å². The second-order valence-electron chi connectivity index (χ2n) is 21.3. The van der Waals surface area contributed by atoms with E-state index in [1.165, 1.54) is 135 Å². The average Bonchev–Trinajstić information content (AvgIpc) is 3.42. The summed E-state index contributed by atoms with van der Waals surface area (Å²) in [6.45, 7) is 6.40. The van der Waals surface area contributed by atoms with Crippen LogP contribution in [0.4, 0.5) is 0 Å². The zero-order chi connectivity index (χ0) is 55.0. The van der Waals surface area contributed by atoms with Gasteiger partial charge in [-0.1, -0.05) is 279 Å². The molecular formula is C70H120O6. The summed E-state index contributed by atoms with van der Waals surface area (Å²) in [5.41, 5.74) is 0. The van der Waals surface area contributed by atoms with Crippen LogP contribution in [0.3, 0.4) is 0 Å². The standard InChI is InChI=1S/C70H120O6/c1-4-7-10-13-16-19-22-24-25-26-27-28-29-30-31-32-33-34-35-36-37-38-39-40-41-42-43-44-45-47-48-51-54-57-60-63-69(72)75-66-67(65-74-68(71)62-59-56-53-50-21-18-15-12-9-6-3)76-70(73)64-61-58-55-52-49-46-23-20-17-14-11-8-5-2/h7,10-12,14-16,19-20,23-25,27-28,30-31,67H,4-6,8-9,13,17-18,21-22,26,29,32-66H2,1-3H3/b10-7-,14-11-,15-12-,19-16-,23-20-,25-24-,28-27-,31-30-. The van der Waals surface area contributed by atoms with E-state index in [-0.39, 0.29) is 31.1 Å². The Balaban J connectivity index is 4.03. The third kappa shape index (κ3) is 61.2. The predicted octanol–water partition coefficient (Wildman–Crippen LogP) is 22.0. The topological polar surface area (TPSA) is 78.9 Å². The molecule has 436 valence electrons. The van der Waals surface area contributed by atoms with Crippen molar-refractivity contribution < 1.29 is 28.6 Å². The van der Waals surface area contributed by atoms with Gasteiger partial charge < -0.3 is 14.2 Å². The quantitative estimate of drug-likeness (QED) is 0.0261. The smallest absolute Gasteiger partial charge is 0.306 e. The van der Waals surface area contributed by atoms with Crippen LogP contribution >= 0.6 is 0 Å². The SMILES string of the molecule is CC/C=C\C/C=C\C/C=C\C/C=C\C/C=C\CCCCCCCCCCCCCCCCCCCCCC(=O)OCC(COC(=O)CCCCCCC/C=C\CCC)OC(=O)CCCCCCC/C=C\C/C=C\CCC. The number of carbonyl (C=O) groups is 3. The van der Waals surface area contributed by atoms with Crippen LogP contribution < -0.4 is 0 Å². The molecule has 0 radical (unpaired) electrons. The van der Waals surface area contributed by atoms with E-state index in [2.05, 4.69) is 118 Å². The third-order valence-corrected chi connectivity index (χ3v) is 13.8. The molecule has 0 saturated heterocycles. The summed E-state index contributed by atoms with van der Waals surface area (Å²) in [5, 5.41) is 0. The van der Waals surface area contributed by atoms with Crippen molar-refractivity contribution in [3.63, 3.8) is 0 Å². The number of ether oxygens (including phenoxy) is 3. The molecular weight excluding hydrogens is 937 g/mol. The summed E-state index contributed by atoms with van der Waals surface area (Å²) in [4.78, 5) is 38.1. The lowest BCUT2D eigenvalue weighted by Crippen LogP contribution is -2.30. The molecule has 0 aliphatic heterocycles. The van der Waals surface area contributed by atoms with Crippen LogP contribution in [-0.2, 0) is 28.6 Å². The molecule has 0 amide bonds. The third-order valence-electron chi connectivity index (χ3n) is 13.8. The molecule has 0 aliphatic carbocycles. The highest BCUT2D eigenvalue weighted by atomic mass is 16.6. The normalized spacial score (nSPS) is 12.7. The van der Waals surface area contributed by atoms with Gasteiger partial charge in [-0.3, -0.25) is 14.4 Å². The van der Waals surface area contributed by atoms with Crippen molar-refractivity contribution in [1.29, 1.82) is 0 Å². The van der Waals surface area contributed by atoms with E-state index in [1.807, 2.05) is 0 Å². The molecule has 0 aromatic rings. The molecule has 0 N–H and O–H groups in total. The molecule has 0 spiro atoms. The maximum absolute atomic E-state index is 12.8. The summed E-state index contributed by atoms with van der Waals surface area (Å²) in [5.74, 6) is -0.900. The Morgan fingerprint density at radius 1 is 0.276 bits per heavy atom. The van der Waals surface area contributed by atoms with Gasteiger partial charge in [0.25, 0.3) is 0 Å². The first kappa shape index (κ1) is 72.3. The van der Waals surface area contributed by atoms with Gasteiger partial charge in [0.1, 0.15) is 13.2 Å². The van der Waals surface area contributed by atoms with Gasteiger partial charge in [-0.15, -0.1) is 0 Å². The Labute approximate surface area is 470 Å². The van der Waals surface area contributed by atoms with Crippen molar-refractivity contribution in [2.45, 2.75) is 316 Å². The van der Waals surface area contributed by atoms with Gasteiger partial charge in [-0.05, 0) is 109 Å². The number of hydrogen-bond acceptors (Lipinski definition) is 6. The molecule has 0 fully saturated rings. The summed E-state index contributed by atoms with van der Waals surface area (Å²) in [6, 6.07) is 0. The lowest BCUT2D eigenvalue weighted by Gasteiger charge is -2.18. The minimum Gasteiger partial charge on any atom is -0.462 e. The summed E-state index contributed by atoms with van der Waals surface area (Å²) in [6.07, 6.45) is 85.9. The van der Waals surface area contributed by atoms with Crippen molar-refractivity contribution in [3.05, 3.63) is 97.2 Å². The number of allylic oxidation sites excluding steroid dienone is 16. The molecule has 0 saturated carbocycles. The Kier molecular flexibility index (Phi) is 60.8. The highest BCUT2D eigenvalue weighted by Crippen LogP contribution is 2.17. The minimum absolute atomic E-state index is 0.0826. The van der Waals surface area contributed by atoms with Crippen LogP contribution in [-0.4, -0.2) is 37.2 Å². The number of hydrogen-bond donors (Lipinski definition) is 0. The van der Waals surface area contributed by atoms with Crippen LogP contribution in [0.2, 0.25) is 0 Å². The lowest BCUT2D eigenvalue weighted by molar-refractivity contribution is -0.167. The van der Waals surface area contributed by atoms with E-state index < -0.39 is 6.10 Å². The van der Waals surface area contributed by atoms with Crippen molar-refractivity contribution in [2.24, 2.45) is 0 Å². The van der Waals surface area contributed by atoms with Crippen LogP contribution in [0.25, 0.3) is 0 Å². The zero-order valence-electron chi connectivity index (χ0n) is 50.0. The Morgan fingerprint density at radius 2 is 0.513 bits per heavy atom. The fraction of sp³-hybridized carbons (Fsp3) is 0.729. The lowest BCUT2D eigenvalue weighted by atomic mass is 10.0. The van der Waals surface area contributed by atoms with E-state index in [0.29, 0.717) is 19.3 Å². The molecule has 6 nitrogen and oxygen atoms in total. The first-order valence-corrected chi connectivity index (χ1v) is 32.2. The van der Waals surface area contributed by atoms with E-state index >= 15 is 0 Å². The van der Waals surface area contributed by atoms with Crippen LogP contribution in [0.15, 0.2) is 97.2 Å². The van der Waals surface area contributed by atoms with Crippen molar-refractivity contribution in [2.75, 3.05) is 13.2 Å². The van der Waals surface area contributed by atoms with Crippen molar-refractivity contribution in [1.82, 2.24) is 0 Å². The van der Waals surface area contributed by atoms with Crippen LogP contribution in [0.1, 0.15) is 310 Å². The van der Waals surface area contributed by atoms with Crippen LogP contribution in [0, 0.1) is 0 Å². The maximum Gasteiger partial charge on any atom is 0.306 e. The first-order chi connectivity index (χ1) is 37.5. The average molecular weight is 1060 g/mol. The molecule has 0 heterocycles. The molecule has 0 rings (SSSR count). The predicted molar refractivity (Wildman–Crippen MR) is 330 cm³/mol. The fourth-order valence-electron chi connectivity index (χ4n) is 8.98. The van der Waals surface area contributed by atoms with E-state index in [9.17, 15) is 14.4 Å². The number of rotatable bonds is 58. The highest BCUT2D eigenvalue weighted by Gasteiger charge is 2.19. The highest BCUT2D eigenvalue weighted by molar-refractivity contribution is 5.71. The van der Waals surface area contributed by atoms with Gasteiger partial charge in [-0.2, -0.15) is 0 Å². The maximum atomic E-state index is 12.8. The van der Waals surface area contributed by atoms with E-state index in [4.69, 9.17) is 14.2 Å². The van der Waals surface area contributed by atoms with Gasteiger partial charge in [0.2, 0.25) is 0 Å². The second kappa shape index (κ2) is 63.9. The molecule has 0 aliphatic rings. The Morgan fingerprint density at radius 3 is 0.829 bits per heavy atom. The largest absolute Gasteiger partial charge is 0.462 e. The minimum atomic E-state index is -0.785. The molecule has 6 heteroatoms. The monoisotopic (exact) mass is 1060 g/mol. The molecule has 1 unspecified atom stereocenters. The fourth-order valence-corrected chi connectivity index (χ4v) is 8.98. The molecule has 0 aromatic carbocycles. The van der Waals surface area contributed by atoms with E-state index in [1.54, 1.807) is 0 Å². The van der Waals surface area contributed by atoms with E-state index in [0.717, 1.165) is 135 Å². The number of unbranched alkanes of at least 4 members (excludes halogenated alkanes) is 31. The van der Waals surface area contributed by atoms with Gasteiger partial charge in [0.05, 0.1) is 0 Å². The zero-order valence-corrected chi connectivity index (χ0v) is 50.0. The molecule has 0 bridgehead atoms. The summed E-state index contributed by atoms with van der Waals surface area (Å²) in [7, 11) is 0. The molecule has 0 aromatic heterocycles. The first-order valence-electron chi connectivity index (χ1n) is 32.2. The summed E-state index contributed by atoms with van der Waals surface area (Å²) < 4.78 is 16.8. The van der Waals surface area contributed by atoms with Gasteiger partial charge in [-0.25, -0.2) is 0 Å². The molecule has 1 atom stereocenters.